The molecule has 0 saturated carbocycles. The summed E-state index contributed by atoms with van der Waals surface area (Å²) in [5.74, 6) is -2.48. The van der Waals surface area contributed by atoms with Crippen molar-refractivity contribution in [2.75, 3.05) is 11.9 Å². The molecule has 2 aromatic carbocycles. The predicted molar refractivity (Wildman–Crippen MR) is 113 cm³/mol. The van der Waals surface area contributed by atoms with Gasteiger partial charge in [-0.15, -0.1) is 0 Å². The maximum absolute atomic E-state index is 13.4. The van der Waals surface area contributed by atoms with Gasteiger partial charge in [-0.1, -0.05) is 35.3 Å². The first-order valence-corrected chi connectivity index (χ1v) is 9.70. The van der Waals surface area contributed by atoms with E-state index < -0.39 is 29.2 Å². The first kappa shape index (κ1) is 24.9. The third-order valence-corrected chi connectivity index (χ3v) is 4.70. The molecule has 0 bridgehead atoms. The second-order valence-corrected chi connectivity index (χ2v) is 7.29. The molecule has 2 aromatic rings. The molecule has 31 heavy (non-hydrogen) atoms. The van der Waals surface area contributed by atoms with Crippen LogP contribution in [0.2, 0.25) is 10.0 Å². The Kier molecular flexibility index (Phi) is 7.87. The van der Waals surface area contributed by atoms with E-state index in [1.54, 1.807) is 0 Å². The highest BCUT2D eigenvalue weighted by Crippen LogP contribution is 2.40. The molecule has 0 aromatic heterocycles. The lowest BCUT2D eigenvalue weighted by molar-refractivity contribution is -0.267. The fourth-order valence-electron chi connectivity index (χ4n) is 2.43. The Hall–Kier alpha value is -2.40. The molecule has 6 nitrogen and oxygen atoms in total. The van der Waals surface area contributed by atoms with Crippen LogP contribution in [-0.2, 0) is 15.1 Å². The van der Waals surface area contributed by atoms with E-state index in [1.807, 2.05) is 0 Å². The predicted octanol–water partition coefficient (Wildman–Crippen LogP) is 4.43. The number of alkyl halides is 3. The summed E-state index contributed by atoms with van der Waals surface area (Å²) in [4.78, 5) is 24.0. The van der Waals surface area contributed by atoms with Crippen molar-refractivity contribution in [3.63, 3.8) is 0 Å². The summed E-state index contributed by atoms with van der Waals surface area (Å²) in [6.07, 6.45) is -5.31. The average molecular weight is 495 g/mol. The molecule has 0 aliphatic carbocycles. The van der Waals surface area contributed by atoms with E-state index in [-0.39, 0.29) is 28.0 Å². The van der Waals surface area contributed by atoms with Crippen LogP contribution in [0.25, 0.3) is 0 Å². The molecule has 0 fully saturated rings. The molecule has 1 atom stereocenters. The van der Waals surface area contributed by atoms with Crippen molar-refractivity contribution in [2.45, 2.75) is 18.7 Å². The van der Waals surface area contributed by atoms with Crippen LogP contribution in [0, 0.1) is 0 Å². The van der Waals surface area contributed by atoms with E-state index in [9.17, 15) is 27.9 Å². The van der Waals surface area contributed by atoms with Crippen molar-refractivity contribution < 1.29 is 32.6 Å². The molecule has 0 aliphatic rings. The molecule has 0 unspecified atom stereocenters. The number of amides is 1. The number of carbonyl (C=O) groups excluding carboxylic acids is 2. The van der Waals surface area contributed by atoms with Gasteiger partial charge in [0.1, 0.15) is 0 Å². The number of rotatable bonds is 5. The van der Waals surface area contributed by atoms with Crippen molar-refractivity contribution in [1.82, 2.24) is 5.32 Å². The third kappa shape index (κ3) is 5.65. The highest BCUT2D eigenvalue weighted by Gasteiger charge is 2.62. The van der Waals surface area contributed by atoms with Crippen molar-refractivity contribution in [2.24, 2.45) is 0 Å². The van der Waals surface area contributed by atoms with Gasteiger partial charge >= 0.3 is 12.1 Å². The molecule has 2 rings (SSSR count). The highest BCUT2D eigenvalue weighted by molar-refractivity contribution is 7.80. The van der Waals surface area contributed by atoms with Gasteiger partial charge in [0.05, 0.1) is 17.2 Å². The van der Waals surface area contributed by atoms with E-state index in [2.05, 4.69) is 15.4 Å². The van der Waals surface area contributed by atoms with Crippen molar-refractivity contribution in [3.8, 4) is 0 Å². The number of esters is 1. The number of carbonyl (C=O) groups is 2. The Morgan fingerprint density at radius 1 is 1.13 bits per heavy atom. The molecule has 166 valence electrons. The van der Waals surface area contributed by atoms with E-state index in [0.717, 1.165) is 24.3 Å². The van der Waals surface area contributed by atoms with Gasteiger partial charge in [-0.25, -0.2) is 4.79 Å². The normalized spacial score (nSPS) is 13.1. The number of thiocarbonyl (C=S) groups is 1. The van der Waals surface area contributed by atoms with Crippen LogP contribution >= 0.6 is 35.4 Å². The molecule has 3 N–H and O–H groups in total. The van der Waals surface area contributed by atoms with Gasteiger partial charge in [0.25, 0.3) is 11.5 Å². The standard InChI is InChI=1S/C19H15Cl2F3N2O4S/c1-2-30-16(28)18(29,19(22,23)24)10-3-6-12(7-4-10)25-17(31)26-15(27)13-8-5-11(20)9-14(13)21/h3-9,29H,2H2,1H3,(H2,25,26,27,31)/t18-/m1/s1. The fraction of sp³-hybridized carbons (Fsp3) is 0.211. The van der Waals surface area contributed by atoms with Gasteiger partial charge in [0.15, 0.2) is 5.11 Å². The first-order valence-electron chi connectivity index (χ1n) is 8.54. The SMILES string of the molecule is CCOC(=O)[C@](O)(c1ccc(NC(=S)NC(=O)c2ccc(Cl)cc2Cl)cc1)C(F)(F)F. The summed E-state index contributed by atoms with van der Waals surface area (Å²) >= 11 is 16.7. The molecular formula is C19H15Cl2F3N2O4S. The van der Waals surface area contributed by atoms with Crippen LogP contribution in [0.15, 0.2) is 42.5 Å². The number of halogens is 5. The summed E-state index contributed by atoms with van der Waals surface area (Å²) in [7, 11) is 0. The number of nitrogens with one attached hydrogen (secondary N) is 2. The number of anilines is 1. The van der Waals surface area contributed by atoms with Gasteiger partial charge in [0, 0.05) is 16.3 Å². The van der Waals surface area contributed by atoms with Crippen LogP contribution < -0.4 is 10.6 Å². The Balaban J connectivity index is 2.14. The maximum atomic E-state index is 13.4. The molecule has 0 saturated heterocycles. The molecule has 0 heterocycles. The maximum Gasteiger partial charge on any atom is 0.432 e. The van der Waals surface area contributed by atoms with Gasteiger partial charge in [0.2, 0.25) is 0 Å². The minimum atomic E-state index is -5.31. The summed E-state index contributed by atoms with van der Waals surface area (Å²) in [5.41, 5.74) is -4.28. The summed E-state index contributed by atoms with van der Waals surface area (Å²) < 4.78 is 44.5. The topological polar surface area (TPSA) is 87.7 Å². The lowest BCUT2D eigenvalue weighted by Gasteiger charge is -2.28. The minimum absolute atomic E-state index is 0.0996. The number of hydrogen-bond donors (Lipinski definition) is 3. The zero-order valence-electron chi connectivity index (χ0n) is 15.7. The van der Waals surface area contributed by atoms with Gasteiger partial charge in [-0.05, 0) is 49.5 Å². The van der Waals surface area contributed by atoms with Crippen LogP contribution in [0.4, 0.5) is 18.9 Å². The second kappa shape index (κ2) is 9.82. The lowest BCUT2D eigenvalue weighted by Crippen LogP contribution is -2.50. The van der Waals surface area contributed by atoms with Crippen LogP contribution in [0.1, 0.15) is 22.8 Å². The third-order valence-electron chi connectivity index (χ3n) is 3.94. The zero-order valence-corrected chi connectivity index (χ0v) is 18.0. The molecule has 12 heteroatoms. The van der Waals surface area contributed by atoms with Crippen LogP contribution in [0.5, 0.6) is 0 Å². The minimum Gasteiger partial charge on any atom is -0.463 e. The van der Waals surface area contributed by atoms with Crippen LogP contribution in [0.3, 0.4) is 0 Å². The Morgan fingerprint density at radius 2 is 1.74 bits per heavy atom. The fourth-order valence-corrected chi connectivity index (χ4v) is 3.14. The Labute approximate surface area is 190 Å². The summed E-state index contributed by atoms with van der Waals surface area (Å²) in [6.45, 7) is 0.969. The number of benzene rings is 2. The molecule has 0 radical (unpaired) electrons. The van der Waals surface area contributed by atoms with Gasteiger partial charge in [-0.2, -0.15) is 13.2 Å². The molecule has 0 aliphatic heterocycles. The summed E-state index contributed by atoms with van der Waals surface area (Å²) in [6, 6.07) is 8.27. The van der Waals surface area contributed by atoms with Crippen LogP contribution in [-0.4, -0.2) is 34.9 Å². The smallest absolute Gasteiger partial charge is 0.432 e. The summed E-state index contributed by atoms with van der Waals surface area (Å²) in [5, 5.41) is 15.3. The van der Waals surface area contributed by atoms with E-state index >= 15 is 0 Å². The van der Waals surface area contributed by atoms with Crippen molar-refractivity contribution >= 4 is 58.1 Å². The van der Waals surface area contributed by atoms with E-state index in [0.29, 0.717) is 5.02 Å². The largest absolute Gasteiger partial charge is 0.463 e. The lowest BCUT2D eigenvalue weighted by atomic mass is 9.93. The van der Waals surface area contributed by atoms with Gasteiger partial charge in [-0.3, -0.25) is 10.1 Å². The Bertz CT molecular complexity index is 1000. The average Bonchev–Trinajstić information content (AvgIpc) is 2.66. The first-order chi connectivity index (χ1) is 14.4. The van der Waals surface area contributed by atoms with Crippen molar-refractivity contribution in [1.29, 1.82) is 0 Å². The molecule has 1 amide bonds. The number of hydrogen-bond acceptors (Lipinski definition) is 5. The molecule has 0 spiro atoms. The number of ether oxygens (including phenoxy) is 1. The Morgan fingerprint density at radius 3 is 2.26 bits per heavy atom. The molecular weight excluding hydrogens is 480 g/mol. The monoisotopic (exact) mass is 494 g/mol. The highest BCUT2D eigenvalue weighted by atomic mass is 35.5. The van der Waals surface area contributed by atoms with E-state index in [4.69, 9.17) is 35.4 Å². The van der Waals surface area contributed by atoms with Crippen molar-refractivity contribution in [3.05, 3.63) is 63.6 Å². The van der Waals surface area contributed by atoms with E-state index in [1.165, 1.54) is 25.1 Å². The second-order valence-electron chi connectivity index (χ2n) is 6.04. The van der Waals surface area contributed by atoms with Gasteiger partial charge < -0.3 is 15.2 Å². The quantitative estimate of drug-likeness (QED) is 0.420. The number of aliphatic hydroxyl groups is 1. The zero-order chi connectivity index (χ0) is 23.4.